The summed E-state index contributed by atoms with van der Waals surface area (Å²) < 4.78 is 16.1. The van der Waals surface area contributed by atoms with Crippen LogP contribution in [0.2, 0.25) is 0 Å². The van der Waals surface area contributed by atoms with Gasteiger partial charge in [-0.1, -0.05) is 0 Å². The van der Waals surface area contributed by atoms with Gasteiger partial charge in [-0.2, -0.15) is 0 Å². The lowest BCUT2D eigenvalue weighted by molar-refractivity contribution is -0.136. The number of amides is 1. The molecule has 0 spiro atoms. The third-order valence-corrected chi connectivity index (χ3v) is 5.29. The van der Waals surface area contributed by atoms with Crippen LogP contribution in [0.15, 0.2) is 28.6 Å². The number of carboxylic acids is 1. The van der Waals surface area contributed by atoms with Gasteiger partial charge < -0.3 is 10.0 Å². The monoisotopic (exact) mass is 419 g/mol. The number of halogens is 1. The zero-order chi connectivity index (χ0) is 20.7. The standard InChI is InChI=1S/C17H14FN5O5S/c1-28-21-15(25)8-5-22(6-8)14-11(18)4-9-12(24)10(16(26)27)7-23(13(9)20-14)17-19-2-3-29-17/h2-4,7-8H,5-6H2,1H3,(H,21,25)(H,26,27). The van der Waals surface area contributed by atoms with Gasteiger partial charge in [-0.05, 0) is 6.07 Å². The number of nitrogens with one attached hydrogen (secondary N) is 1. The van der Waals surface area contributed by atoms with Crippen molar-refractivity contribution in [3.8, 4) is 5.13 Å². The van der Waals surface area contributed by atoms with Gasteiger partial charge in [-0.3, -0.25) is 19.0 Å². The van der Waals surface area contributed by atoms with Gasteiger partial charge in [0.15, 0.2) is 22.4 Å². The molecular formula is C17H14FN5O5S. The molecule has 0 aromatic carbocycles. The molecule has 0 bridgehead atoms. The topological polar surface area (TPSA) is 127 Å². The maximum Gasteiger partial charge on any atom is 0.341 e. The van der Waals surface area contributed by atoms with Crippen LogP contribution in [-0.4, -0.2) is 51.7 Å². The summed E-state index contributed by atoms with van der Waals surface area (Å²) in [5.74, 6) is -2.96. The Kier molecular flexibility index (Phi) is 4.72. The van der Waals surface area contributed by atoms with Crippen LogP contribution in [0.25, 0.3) is 16.2 Å². The largest absolute Gasteiger partial charge is 0.477 e. The third kappa shape index (κ3) is 3.21. The second-order valence-corrected chi connectivity index (χ2v) is 7.17. The smallest absolute Gasteiger partial charge is 0.341 e. The minimum Gasteiger partial charge on any atom is -0.477 e. The molecule has 12 heteroatoms. The van der Waals surface area contributed by atoms with Crippen molar-refractivity contribution in [2.45, 2.75) is 0 Å². The van der Waals surface area contributed by atoms with Crippen molar-refractivity contribution in [3.63, 3.8) is 0 Å². The van der Waals surface area contributed by atoms with Crippen molar-refractivity contribution in [1.29, 1.82) is 0 Å². The van der Waals surface area contributed by atoms with Crippen molar-refractivity contribution >= 4 is 40.1 Å². The summed E-state index contributed by atoms with van der Waals surface area (Å²) in [4.78, 5) is 50.3. The van der Waals surface area contributed by atoms with Gasteiger partial charge >= 0.3 is 5.97 Å². The molecule has 1 saturated heterocycles. The Labute approximate surface area is 166 Å². The number of anilines is 1. The van der Waals surface area contributed by atoms with Gasteiger partial charge in [0.1, 0.15) is 5.56 Å². The Hall–Kier alpha value is -3.38. The number of aromatic nitrogens is 3. The first-order valence-corrected chi connectivity index (χ1v) is 9.25. The van der Waals surface area contributed by atoms with Gasteiger partial charge in [0.05, 0.1) is 18.4 Å². The van der Waals surface area contributed by atoms with E-state index >= 15 is 0 Å². The van der Waals surface area contributed by atoms with Crippen molar-refractivity contribution in [2.75, 3.05) is 25.1 Å². The fourth-order valence-electron chi connectivity index (χ4n) is 3.07. The molecule has 1 amide bonds. The van der Waals surface area contributed by atoms with E-state index in [4.69, 9.17) is 0 Å². The fourth-order valence-corrected chi connectivity index (χ4v) is 3.69. The number of carbonyl (C=O) groups excluding carboxylic acids is 1. The van der Waals surface area contributed by atoms with Crippen LogP contribution in [0.5, 0.6) is 0 Å². The summed E-state index contributed by atoms with van der Waals surface area (Å²) in [5.41, 5.74) is 0.962. The number of pyridine rings is 2. The SMILES string of the molecule is CONC(=O)C1CN(c2nc3c(cc2F)c(=O)c(C(=O)O)cn3-c2nccs2)C1. The van der Waals surface area contributed by atoms with E-state index in [0.717, 1.165) is 12.3 Å². The first-order chi connectivity index (χ1) is 13.9. The normalized spacial score (nSPS) is 14.1. The van der Waals surface area contributed by atoms with Crippen molar-refractivity contribution in [1.82, 2.24) is 20.0 Å². The number of thiazole rings is 1. The van der Waals surface area contributed by atoms with Gasteiger partial charge in [0.25, 0.3) is 0 Å². The molecule has 0 radical (unpaired) electrons. The summed E-state index contributed by atoms with van der Waals surface area (Å²) in [7, 11) is 1.32. The average Bonchev–Trinajstić information content (AvgIpc) is 3.16. The van der Waals surface area contributed by atoms with E-state index in [9.17, 15) is 23.9 Å². The molecule has 3 aromatic heterocycles. The highest BCUT2D eigenvalue weighted by atomic mass is 32.1. The Morgan fingerprint density at radius 1 is 1.41 bits per heavy atom. The van der Waals surface area contributed by atoms with Crippen LogP contribution in [0.3, 0.4) is 0 Å². The van der Waals surface area contributed by atoms with Crippen LogP contribution in [0, 0.1) is 11.7 Å². The summed E-state index contributed by atoms with van der Waals surface area (Å²) in [6, 6.07) is 0.971. The van der Waals surface area contributed by atoms with Crippen LogP contribution in [0.1, 0.15) is 10.4 Å². The van der Waals surface area contributed by atoms with Gasteiger partial charge in [0.2, 0.25) is 11.3 Å². The summed E-state index contributed by atoms with van der Waals surface area (Å²) in [6.45, 7) is 0.443. The molecule has 0 saturated carbocycles. The molecule has 0 unspecified atom stereocenters. The molecule has 4 heterocycles. The highest BCUT2D eigenvalue weighted by molar-refractivity contribution is 7.12. The van der Waals surface area contributed by atoms with E-state index in [1.807, 2.05) is 0 Å². The average molecular weight is 419 g/mol. The summed E-state index contributed by atoms with van der Waals surface area (Å²) in [5, 5.41) is 11.2. The van der Waals surface area contributed by atoms with E-state index in [1.165, 1.54) is 29.2 Å². The van der Waals surface area contributed by atoms with Crippen molar-refractivity contribution < 1.29 is 23.9 Å². The molecule has 1 aliphatic heterocycles. The minimum absolute atomic E-state index is 0.0354. The Balaban J connectivity index is 1.82. The number of carboxylic acid groups (broad SMARTS) is 1. The summed E-state index contributed by atoms with van der Waals surface area (Å²) in [6.07, 6.45) is 2.65. The zero-order valence-electron chi connectivity index (χ0n) is 15.0. The number of hydrogen-bond donors (Lipinski definition) is 2. The zero-order valence-corrected chi connectivity index (χ0v) is 15.8. The van der Waals surface area contributed by atoms with Crippen LogP contribution >= 0.6 is 11.3 Å². The lowest BCUT2D eigenvalue weighted by Crippen LogP contribution is -2.54. The Bertz CT molecular complexity index is 1170. The number of carbonyl (C=O) groups is 2. The molecule has 1 aliphatic rings. The van der Waals surface area contributed by atoms with Gasteiger partial charge in [0, 0.05) is 30.9 Å². The van der Waals surface area contributed by atoms with Crippen LogP contribution in [-0.2, 0) is 9.63 Å². The van der Waals surface area contributed by atoms with Gasteiger partial charge in [-0.25, -0.2) is 24.6 Å². The number of hydroxylamine groups is 1. The predicted molar refractivity (Wildman–Crippen MR) is 101 cm³/mol. The van der Waals surface area contributed by atoms with E-state index in [2.05, 4.69) is 20.3 Å². The highest BCUT2D eigenvalue weighted by Crippen LogP contribution is 2.29. The van der Waals surface area contributed by atoms with Crippen LogP contribution < -0.4 is 15.8 Å². The van der Waals surface area contributed by atoms with Crippen LogP contribution in [0.4, 0.5) is 10.2 Å². The molecule has 29 heavy (non-hydrogen) atoms. The Morgan fingerprint density at radius 2 is 2.17 bits per heavy atom. The number of fused-ring (bicyclic) bond motifs is 1. The summed E-state index contributed by atoms with van der Waals surface area (Å²) >= 11 is 1.21. The lowest BCUT2D eigenvalue weighted by atomic mass is 9.99. The van der Waals surface area contributed by atoms with E-state index in [1.54, 1.807) is 10.3 Å². The quantitative estimate of drug-likeness (QED) is 0.582. The van der Waals surface area contributed by atoms with E-state index in [-0.39, 0.29) is 41.8 Å². The second kappa shape index (κ2) is 7.22. The molecule has 10 nitrogen and oxygen atoms in total. The molecule has 0 atom stereocenters. The minimum atomic E-state index is -1.43. The maximum absolute atomic E-state index is 14.7. The van der Waals surface area contributed by atoms with E-state index < -0.39 is 22.8 Å². The van der Waals surface area contributed by atoms with Crippen molar-refractivity contribution in [3.05, 3.63) is 45.4 Å². The molecular weight excluding hydrogens is 405 g/mol. The Morgan fingerprint density at radius 3 is 2.79 bits per heavy atom. The number of aromatic carboxylic acids is 1. The number of rotatable bonds is 5. The molecule has 2 N–H and O–H groups in total. The molecule has 1 fully saturated rings. The fraction of sp³-hybridized carbons (Fsp3) is 0.235. The maximum atomic E-state index is 14.7. The lowest BCUT2D eigenvalue weighted by Gasteiger charge is -2.38. The molecule has 3 aromatic rings. The van der Waals surface area contributed by atoms with Crippen molar-refractivity contribution in [2.24, 2.45) is 5.92 Å². The second-order valence-electron chi connectivity index (χ2n) is 6.30. The van der Waals surface area contributed by atoms with E-state index in [0.29, 0.717) is 5.13 Å². The van der Waals surface area contributed by atoms with Gasteiger partial charge in [-0.15, -0.1) is 11.3 Å². The molecule has 150 valence electrons. The molecule has 4 rings (SSSR count). The number of hydrogen-bond acceptors (Lipinski definition) is 8. The number of nitrogens with zero attached hydrogens (tertiary/aromatic N) is 4. The highest BCUT2D eigenvalue weighted by Gasteiger charge is 2.35. The predicted octanol–water partition coefficient (Wildman–Crippen LogP) is 0.793. The first-order valence-electron chi connectivity index (χ1n) is 8.37. The molecule has 0 aliphatic carbocycles. The third-order valence-electron chi connectivity index (χ3n) is 4.52. The first kappa shape index (κ1) is 19.0.